The second-order valence-electron chi connectivity index (χ2n) is 4.56. The third kappa shape index (κ3) is 2.27. The summed E-state index contributed by atoms with van der Waals surface area (Å²) in [5.41, 5.74) is 7.81. The number of anilines is 2. The molecule has 98 valence electrons. The standard InChI is InChI=1S/C14H15N3O2/c1-8-3-6-12(18-8)9(2)16-14-17-11-5-4-10(15)7-13(11)19-14/h3-7,9H,15H2,1-2H3,(H,16,17). The van der Waals surface area contributed by atoms with Crippen LogP contribution in [0.15, 0.2) is 39.2 Å². The SMILES string of the molecule is Cc1ccc(C(C)Nc2nc3ccc(N)cc3o2)o1. The van der Waals surface area contributed by atoms with Gasteiger partial charge in [0, 0.05) is 11.8 Å². The molecule has 0 spiro atoms. The Kier molecular flexibility index (Phi) is 2.67. The van der Waals surface area contributed by atoms with Crippen LogP contribution < -0.4 is 11.1 Å². The molecule has 0 amide bonds. The number of oxazole rings is 1. The van der Waals surface area contributed by atoms with E-state index >= 15 is 0 Å². The van der Waals surface area contributed by atoms with E-state index in [1.807, 2.05) is 32.0 Å². The number of nitrogens with zero attached hydrogens (tertiary/aromatic N) is 1. The van der Waals surface area contributed by atoms with Gasteiger partial charge in [-0.2, -0.15) is 4.98 Å². The highest BCUT2D eigenvalue weighted by Crippen LogP contribution is 2.25. The fourth-order valence-corrected chi connectivity index (χ4v) is 1.95. The van der Waals surface area contributed by atoms with Gasteiger partial charge in [0.05, 0.1) is 6.04 Å². The highest BCUT2D eigenvalue weighted by atomic mass is 16.4. The van der Waals surface area contributed by atoms with Gasteiger partial charge in [-0.25, -0.2) is 0 Å². The molecule has 0 saturated heterocycles. The number of rotatable bonds is 3. The van der Waals surface area contributed by atoms with Crippen molar-refractivity contribution in [2.75, 3.05) is 11.1 Å². The summed E-state index contributed by atoms with van der Waals surface area (Å²) in [7, 11) is 0. The minimum atomic E-state index is -0.0147. The van der Waals surface area contributed by atoms with Crippen LogP contribution in [-0.4, -0.2) is 4.98 Å². The molecule has 0 radical (unpaired) electrons. The molecule has 0 aliphatic carbocycles. The zero-order valence-corrected chi connectivity index (χ0v) is 10.8. The fraction of sp³-hybridized carbons (Fsp3) is 0.214. The summed E-state index contributed by atoms with van der Waals surface area (Å²) in [6, 6.07) is 9.71. The molecule has 0 saturated carbocycles. The van der Waals surface area contributed by atoms with Gasteiger partial charge >= 0.3 is 0 Å². The second kappa shape index (κ2) is 4.35. The van der Waals surface area contributed by atoms with Crippen LogP contribution in [0.3, 0.4) is 0 Å². The molecule has 1 unspecified atom stereocenters. The van der Waals surface area contributed by atoms with Gasteiger partial charge < -0.3 is 19.9 Å². The number of nitrogen functional groups attached to an aromatic ring is 1. The lowest BCUT2D eigenvalue weighted by Crippen LogP contribution is -2.05. The summed E-state index contributed by atoms with van der Waals surface area (Å²) < 4.78 is 11.2. The van der Waals surface area contributed by atoms with Crippen LogP contribution in [0.2, 0.25) is 0 Å². The zero-order chi connectivity index (χ0) is 13.4. The third-order valence-electron chi connectivity index (χ3n) is 2.94. The van der Waals surface area contributed by atoms with Crippen molar-refractivity contribution in [3.8, 4) is 0 Å². The van der Waals surface area contributed by atoms with Gasteiger partial charge in [0.2, 0.25) is 0 Å². The molecular weight excluding hydrogens is 242 g/mol. The van der Waals surface area contributed by atoms with Gasteiger partial charge in [0.1, 0.15) is 17.0 Å². The number of fused-ring (bicyclic) bond motifs is 1. The number of furan rings is 1. The van der Waals surface area contributed by atoms with Crippen molar-refractivity contribution in [3.63, 3.8) is 0 Å². The van der Waals surface area contributed by atoms with Crippen molar-refractivity contribution in [2.45, 2.75) is 19.9 Å². The van der Waals surface area contributed by atoms with E-state index in [0.29, 0.717) is 17.3 Å². The molecule has 0 bridgehead atoms. The summed E-state index contributed by atoms with van der Waals surface area (Å²) in [6.45, 7) is 3.90. The predicted octanol–water partition coefficient (Wildman–Crippen LogP) is 3.48. The van der Waals surface area contributed by atoms with Gasteiger partial charge in [-0.1, -0.05) is 0 Å². The molecule has 19 heavy (non-hydrogen) atoms. The van der Waals surface area contributed by atoms with Crippen LogP contribution in [0.4, 0.5) is 11.7 Å². The Morgan fingerprint density at radius 1 is 1.21 bits per heavy atom. The summed E-state index contributed by atoms with van der Waals surface area (Å²) in [5, 5.41) is 3.17. The Labute approximate surface area is 110 Å². The minimum Gasteiger partial charge on any atom is -0.464 e. The number of aryl methyl sites for hydroxylation is 1. The van der Waals surface area contributed by atoms with Gasteiger partial charge in [0.15, 0.2) is 5.58 Å². The summed E-state index contributed by atoms with van der Waals surface area (Å²) in [6.07, 6.45) is 0. The zero-order valence-electron chi connectivity index (χ0n) is 10.8. The maximum absolute atomic E-state index is 5.71. The lowest BCUT2D eigenvalue weighted by molar-refractivity contribution is 0.461. The van der Waals surface area contributed by atoms with E-state index in [9.17, 15) is 0 Å². The van der Waals surface area contributed by atoms with Crippen LogP contribution in [0, 0.1) is 6.92 Å². The van der Waals surface area contributed by atoms with Crippen molar-refractivity contribution < 1.29 is 8.83 Å². The van der Waals surface area contributed by atoms with E-state index in [-0.39, 0.29) is 6.04 Å². The fourth-order valence-electron chi connectivity index (χ4n) is 1.95. The Hall–Kier alpha value is -2.43. The third-order valence-corrected chi connectivity index (χ3v) is 2.94. The quantitative estimate of drug-likeness (QED) is 0.702. The molecule has 1 atom stereocenters. The number of hydrogen-bond donors (Lipinski definition) is 2. The molecule has 0 aliphatic heterocycles. The summed E-state index contributed by atoms with van der Waals surface area (Å²) in [5.74, 6) is 1.73. The first-order valence-corrected chi connectivity index (χ1v) is 6.11. The maximum atomic E-state index is 5.71. The van der Waals surface area contributed by atoms with Crippen LogP contribution in [-0.2, 0) is 0 Å². The Balaban J connectivity index is 1.85. The maximum Gasteiger partial charge on any atom is 0.296 e. The van der Waals surface area contributed by atoms with Gasteiger partial charge in [-0.15, -0.1) is 0 Å². The molecule has 3 rings (SSSR count). The van der Waals surface area contributed by atoms with Crippen LogP contribution in [0.5, 0.6) is 0 Å². The van der Waals surface area contributed by atoms with Gasteiger partial charge in [-0.3, -0.25) is 0 Å². The first-order chi connectivity index (χ1) is 9.11. The first-order valence-electron chi connectivity index (χ1n) is 6.11. The van der Waals surface area contributed by atoms with Crippen molar-refractivity contribution in [1.82, 2.24) is 4.98 Å². The predicted molar refractivity (Wildman–Crippen MR) is 73.9 cm³/mol. The van der Waals surface area contributed by atoms with Crippen LogP contribution >= 0.6 is 0 Å². The minimum absolute atomic E-state index is 0.0147. The monoisotopic (exact) mass is 257 g/mol. The molecule has 0 aliphatic rings. The average Bonchev–Trinajstić information content (AvgIpc) is 2.94. The Morgan fingerprint density at radius 2 is 2.05 bits per heavy atom. The van der Waals surface area contributed by atoms with E-state index < -0.39 is 0 Å². The lowest BCUT2D eigenvalue weighted by atomic mass is 10.2. The lowest BCUT2D eigenvalue weighted by Gasteiger charge is -2.08. The number of hydrogen-bond acceptors (Lipinski definition) is 5. The molecule has 5 heteroatoms. The highest BCUT2D eigenvalue weighted by molar-refractivity contribution is 5.78. The molecule has 5 nitrogen and oxygen atoms in total. The van der Waals surface area contributed by atoms with E-state index in [0.717, 1.165) is 17.0 Å². The molecule has 3 aromatic rings. The number of nitrogens with two attached hydrogens (primary N) is 1. The van der Waals surface area contributed by atoms with E-state index in [4.69, 9.17) is 14.6 Å². The van der Waals surface area contributed by atoms with Crippen molar-refractivity contribution in [1.29, 1.82) is 0 Å². The molecule has 0 fully saturated rings. The first kappa shape index (κ1) is 11.6. The van der Waals surface area contributed by atoms with Gasteiger partial charge in [0.25, 0.3) is 6.01 Å². The number of aromatic nitrogens is 1. The van der Waals surface area contributed by atoms with Crippen LogP contribution in [0.25, 0.3) is 11.1 Å². The number of benzene rings is 1. The molecule has 2 heterocycles. The highest BCUT2D eigenvalue weighted by Gasteiger charge is 2.13. The smallest absolute Gasteiger partial charge is 0.296 e. The second-order valence-corrected chi connectivity index (χ2v) is 4.56. The molecule has 1 aromatic carbocycles. The summed E-state index contributed by atoms with van der Waals surface area (Å²) >= 11 is 0. The van der Waals surface area contributed by atoms with Crippen molar-refractivity contribution >= 4 is 22.8 Å². The molecular formula is C14H15N3O2. The van der Waals surface area contributed by atoms with Crippen LogP contribution in [0.1, 0.15) is 24.5 Å². The van der Waals surface area contributed by atoms with Gasteiger partial charge in [-0.05, 0) is 38.1 Å². The molecule has 3 N–H and O–H groups in total. The Bertz CT molecular complexity index is 714. The summed E-state index contributed by atoms with van der Waals surface area (Å²) in [4.78, 5) is 4.35. The van der Waals surface area contributed by atoms with E-state index in [1.54, 1.807) is 12.1 Å². The normalized spacial score (nSPS) is 12.7. The largest absolute Gasteiger partial charge is 0.464 e. The molecule has 2 aromatic heterocycles. The topological polar surface area (TPSA) is 77.2 Å². The average molecular weight is 257 g/mol. The van der Waals surface area contributed by atoms with Crippen molar-refractivity contribution in [2.24, 2.45) is 0 Å². The van der Waals surface area contributed by atoms with Crippen molar-refractivity contribution in [3.05, 3.63) is 41.9 Å². The Morgan fingerprint density at radius 3 is 2.79 bits per heavy atom. The van der Waals surface area contributed by atoms with E-state index in [2.05, 4.69) is 10.3 Å². The number of nitrogens with one attached hydrogen (secondary N) is 1. The van der Waals surface area contributed by atoms with E-state index in [1.165, 1.54) is 0 Å².